The third-order valence-corrected chi connectivity index (χ3v) is 5.90. The summed E-state index contributed by atoms with van der Waals surface area (Å²) in [4.78, 5) is 36.1. The number of carboxylic acid groups (broad SMARTS) is 1. The van der Waals surface area contributed by atoms with Gasteiger partial charge in [0.2, 0.25) is 11.9 Å². The Morgan fingerprint density at radius 3 is 2.46 bits per heavy atom. The molecule has 9 nitrogen and oxygen atoms in total. The summed E-state index contributed by atoms with van der Waals surface area (Å²) >= 11 is 0. The van der Waals surface area contributed by atoms with Crippen LogP contribution in [0.15, 0.2) is 6.07 Å². The number of amides is 1. The Bertz CT molecular complexity index is 722. The van der Waals surface area contributed by atoms with Gasteiger partial charge in [-0.25, -0.2) is 4.79 Å². The maximum absolute atomic E-state index is 12.5. The molecule has 0 radical (unpaired) electrons. The monoisotopic (exact) mass is 360 g/mol. The van der Waals surface area contributed by atoms with Gasteiger partial charge in [0.15, 0.2) is 0 Å². The molecule has 9 heteroatoms. The molecular formula is C17H24N6O3. The number of anilines is 3. The number of hydrogen-bond donors (Lipinski definition) is 3. The van der Waals surface area contributed by atoms with Gasteiger partial charge in [0.1, 0.15) is 17.7 Å². The van der Waals surface area contributed by atoms with E-state index >= 15 is 0 Å². The summed E-state index contributed by atoms with van der Waals surface area (Å²) < 4.78 is 0. The number of aliphatic carboxylic acids is 1. The second-order valence-corrected chi connectivity index (χ2v) is 7.79. The quantitative estimate of drug-likeness (QED) is 0.700. The number of rotatable bonds is 3. The van der Waals surface area contributed by atoms with Crippen LogP contribution in [0.4, 0.5) is 17.6 Å². The van der Waals surface area contributed by atoms with E-state index in [0.717, 1.165) is 38.8 Å². The van der Waals surface area contributed by atoms with Crippen LogP contribution in [0.2, 0.25) is 0 Å². The number of likely N-dealkylation sites (tertiary alicyclic amines) is 1. The molecule has 1 atom stereocenters. The Morgan fingerprint density at radius 2 is 1.88 bits per heavy atom. The first-order valence-corrected chi connectivity index (χ1v) is 9.05. The Labute approximate surface area is 151 Å². The van der Waals surface area contributed by atoms with Gasteiger partial charge in [-0.05, 0) is 37.5 Å². The number of carbonyl (C=O) groups is 2. The molecule has 3 heterocycles. The second kappa shape index (κ2) is 6.00. The summed E-state index contributed by atoms with van der Waals surface area (Å²) in [5.74, 6) is 0.347. The molecule has 1 aromatic rings. The van der Waals surface area contributed by atoms with Crippen LogP contribution < -0.4 is 16.4 Å². The molecule has 3 aliphatic rings. The van der Waals surface area contributed by atoms with Crippen molar-refractivity contribution in [3.8, 4) is 0 Å². The first-order valence-electron chi connectivity index (χ1n) is 9.05. The van der Waals surface area contributed by atoms with Crippen LogP contribution >= 0.6 is 0 Å². The van der Waals surface area contributed by atoms with E-state index < -0.39 is 12.0 Å². The number of carbonyl (C=O) groups excluding carboxylic acids is 1. The lowest BCUT2D eigenvalue weighted by Gasteiger charge is -2.39. The fraction of sp³-hybridized carbons (Fsp3) is 0.647. The third-order valence-electron chi connectivity index (χ3n) is 5.90. The SMILES string of the molecule is Nc1cc(N2CCC3(CC2)C[C@H](C(=O)O)N(C(=O)C2CC2)C3)nc(N)n1. The summed E-state index contributed by atoms with van der Waals surface area (Å²) in [7, 11) is 0. The van der Waals surface area contributed by atoms with Gasteiger partial charge in [-0.3, -0.25) is 4.79 Å². The highest BCUT2D eigenvalue weighted by atomic mass is 16.4. The van der Waals surface area contributed by atoms with Crippen LogP contribution in [-0.2, 0) is 9.59 Å². The fourth-order valence-electron chi connectivity index (χ4n) is 4.28. The minimum atomic E-state index is -0.894. The Balaban J connectivity index is 1.47. The molecule has 1 saturated carbocycles. The minimum Gasteiger partial charge on any atom is -0.480 e. The average molecular weight is 360 g/mol. The van der Waals surface area contributed by atoms with Crippen molar-refractivity contribution in [1.82, 2.24) is 14.9 Å². The highest BCUT2D eigenvalue weighted by Crippen LogP contribution is 2.46. The van der Waals surface area contributed by atoms with Crippen molar-refractivity contribution < 1.29 is 14.7 Å². The lowest BCUT2D eigenvalue weighted by molar-refractivity contribution is -0.148. The summed E-state index contributed by atoms with van der Waals surface area (Å²) in [6, 6.07) is 1.01. The Hall–Kier alpha value is -2.58. The maximum Gasteiger partial charge on any atom is 0.326 e. The van der Waals surface area contributed by atoms with Gasteiger partial charge < -0.3 is 26.4 Å². The highest BCUT2D eigenvalue weighted by molar-refractivity contribution is 5.87. The van der Waals surface area contributed by atoms with Crippen LogP contribution in [-0.4, -0.2) is 57.5 Å². The molecule has 1 aromatic heterocycles. The zero-order valence-electron chi connectivity index (χ0n) is 14.6. The number of piperidine rings is 1. The van der Waals surface area contributed by atoms with Crippen molar-refractivity contribution in [3.05, 3.63) is 6.07 Å². The largest absolute Gasteiger partial charge is 0.480 e. The third kappa shape index (κ3) is 3.02. The molecule has 2 aliphatic heterocycles. The van der Waals surface area contributed by atoms with Crippen molar-refractivity contribution in [2.75, 3.05) is 36.0 Å². The lowest BCUT2D eigenvalue weighted by atomic mass is 9.76. The average Bonchev–Trinajstić information content (AvgIpc) is 3.36. The number of nitrogen functional groups attached to an aromatic ring is 2. The maximum atomic E-state index is 12.5. The normalized spacial score (nSPS) is 24.8. The first-order chi connectivity index (χ1) is 12.4. The van der Waals surface area contributed by atoms with Gasteiger partial charge in [-0.15, -0.1) is 0 Å². The number of nitrogens with zero attached hydrogens (tertiary/aromatic N) is 4. The summed E-state index contributed by atoms with van der Waals surface area (Å²) in [6.07, 6.45) is 3.94. The van der Waals surface area contributed by atoms with Crippen molar-refractivity contribution >= 4 is 29.5 Å². The van der Waals surface area contributed by atoms with Gasteiger partial charge in [-0.1, -0.05) is 0 Å². The molecule has 0 bridgehead atoms. The zero-order chi connectivity index (χ0) is 18.5. The van der Waals surface area contributed by atoms with E-state index in [9.17, 15) is 14.7 Å². The Kier molecular flexibility index (Phi) is 3.89. The van der Waals surface area contributed by atoms with E-state index in [1.807, 2.05) is 0 Å². The molecule has 2 saturated heterocycles. The van der Waals surface area contributed by atoms with E-state index in [0.29, 0.717) is 24.6 Å². The predicted molar refractivity (Wildman–Crippen MR) is 95.2 cm³/mol. The number of aromatic nitrogens is 2. The molecule has 4 rings (SSSR count). The van der Waals surface area contributed by atoms with E-state index in [4.69, 9.17) is 11.5 Å². The van der Waals surface area contributed by atoms with Crippen molar-refractivity contribution in [2.24, 2.45) is 11.3 Å². The number of carboxylic acids is 1. The first kappa shape index (κ1) is 16.9. The molecule has 1 aliphatic carbocycles. The van der Waals surface area contributed by atoms with E-state index in [1.165, 1.54) is 0 Å². The number of hydrogen-bond acceptors (Lipinski definition) is 7. The van der Waals surface area contributed by atoms with Crippen molar-refractivity contribution in [3.63, 3.8) is 0 Å². The smallest absolute Gasteiger partial charge is 0.326 e. The fourth-order valence-corrected chi connectivity index (χ4v) is 4.28. The molecule has 1 amide bonds. The number of nitrogens with two attached hydrogens (primary N) is 2. The van der Waals surface area contributed by atoms with Gasteiger partial charge in [0, 0.05) is 31.6 Å². The van der Waals surface area contributed by atoms with Crippen molar-refractivity contribution in [2.45, 2.75) is 38.1 Å². The summed E-state index contributed by atoms with van der Waals surface area (Å²) in [5.41, 5.74) is 11.3. The predicted octanol–water partition coefficient (Wildman–Crippen LogP) is 0.323. The minimum absolute atomic E-state index is 0.0213. The van der Waals surface area contributed by atoms with Crippen LogP contribution in [0.5, 0.6) is 0 Å². The summed E-state index contributed by atoms with van der Waals surface area (Å²) in [5, 5.41) is 9.59. The molecule has 0 unspecified atom stereocenters. The van der Waals surface area contributed by atoms with E-state index in [-0.39, 0.29) is 23.2 Å². The molecule has 140 valence electrons. The molecular weight excluding hydrogens is 336 g/mol. The van der Waals surface area contributed by atoms with Crippen LogP contribution in [0, 0.1) is 11.3 Å². The van der Waals surface area contributed by atoms with E-state index in [2.05, 4.69) is 14.9 Å². The van der Waals surface area contributed by atoms with Crippen LogP contribution in [0.3, 0.4) is 0 Å². The van der Waals surface area contributed by atoms with E-state index in [1.54, 1.807) is 11.0 Å². The Morgan fingerprint density at radius 1 is 1.19 bits per heavy atom. The van der Waals surface area contributed by atoms with Gasteiger partial charge in [-0.2, -0.15) is 9.97 Å². The topological polar surface area (TPSA) is 139 Å². The van der Waals surface area contributed by atoms with Crippen LogP contribution in [0.1, 0.15) is 32.1 Å². The van der Waals surface area contributed by atoms with Gasteiger partial charge >= 0.3 is 5.97 Å². The molecule has 5 N–H and O–H groups in total. The highest BCUT2D eigenvalue weighted by Gasteiger charge is 2.51. The summed E-state index contributed by atoms with van der Waals surface area (Å²) in [6.45, 7) is 2.00. The van der Waals surface area contributed by atoms with Crippen LogP contribution in [0.25, 0.3) is 0 Å². The van der Waals surface area contributed by atoms with Crippen molar-refractivity contribution in [1.29, 1.82) is 0 Å². The molecule has 1 spiro atoms. The zero-order valence-corrected chi connectivity index (χ0v) is 14.6. The second-order valence-electron chi connectivity index (χ2n) is 7.79. The van der Waals surface area contributed by atoms with Gasteiger partial charge in [0.05, 0.1) is 0 Å². The molecule has 0 aromatic carbocycles. The standard InChI is InChI=1S/C17H24N6O3/c18-12-7-13(21-16(19)20-12)22-5-3-17(4-6-22)8-11(15(25)26)23(9-17)14(24)10-1-2-10/h7,10-11H,1-6,8-9H2,(H,25,26)(H4,18,19,20,21)/t11-/m1/s1. The lowest BCUT2D eigenvalue weighted by Crippen LogP contribution is -2.43. The van der Waals surface area contributed by atoms with Gasteiger partial charge in [0.25, 0.3) is 0 Å². The molecule has 3 fully saturated rings. The molecule has 26 heavy (non-hydrogen) atoms.